The Kier molecular flexibility index (Phi) is 4.25. The molecule has 0 amide bonds. The lowest BCUT2D eigenvalue weighted by Gasteiger charge is -2.05. The van der Waals surface area contributed by atoms with Crippen molar-refractivity contribution in [2.75, 3.05) is 0 Å². The highest BCUT2D eigenvalue weighted by atomic mass is 35.5. The number of aromatic nitrogens is 2. The zero-order valence-corrected chi connectivity index (χ0v) is 12.8. The molecule has 118 valence electrons. The molecule has 0 saturated heterocycles. The number of nitrogens with zero attached hydrogens (tertiary/aromatic N) is 2. The Bertz CT molecular complexity index is 832. The van der Waals surface area contributed by atoms with Gasteiger partial charge in [-0.2, -0.15) is 4.98 Å². The van der Waals surface area contributed by atoms with Crippen molar-refractivity contribution in [3.63, 3.8) is 0 Å². The third-order valence-corrected chi connectivity index (χ3v) is 3.57. The normalized spacial score (nSPS) is 10.8. The first-order valence-electron chi connectivity index (χ1n) is 6.70. The van der Waals surface area contributed by atoms with Crippen LogP contribution in [0.15, 0.2) is 40.9 Å². The van der Waals surface area contributed by atoms with Gasteiger partial charge < -0.3 is 9.26 Å². The minimum Gasteiger partial charge on any atom is -0.485 e. The standard InChI is InChI=1S/C16H11ClF2N2O2/c1-9-7-10(5-6-11(9)17)22-8-14-20-16(23-21-14)15-12(18)3-2-4-13(15)19/h2-7H,8H2,1H3. The minimum absolute atomic E-state index is 0.000639. The van der Waals surface area contributed by atoms with Gasteiger partial charge in [-0.15, -0.1) is 0 Å². The Balaban J connectivity index is 1.76. The van der Waals surface area contributed by atoms with E-state index in [9.17, 15) is 8.78 Å². The Morgan fingerprint density at radius 3 is 2.61 bits per heavy atom. The van der Waals surface area contributed by atoms with Crippen molar-refractivity contribution in [3.8, 4) is 17.2 Å². The first kappa shape index (κ1) is 15.4. The number of hydrogen-bond donors (Lipinski definition) is 0. The van der Waals surface area contributed by atoms with Crippen LogP contribution in [0.1, 0.15) is 11.4 Å². The van der Waals surface area contributed by atoms with E-state index in [0.717, 1.165) is 17.7 Å². The van der Waals surface area contributed by atoms with E-state index in [1.165, 1.54) is 6.07 Å². The van der Waals surface area contributed by atoms with Crippen molar-refractivity contribution in [1.82, 2.24) is 10.1 Å². The summed E-state index contributed by atoms with van der Waals surface area (Å²) in [5.74, 6) is -1.01. The fraction of sp³-hybridized carbons (Fsp3) is 0.125. The molecule has 3 rings (SSSR count). The van der Waals surface area contributed by atoms with Crippen molar-refractivity contribution in [1.29, 1.82) is 0 Å². The molecule has 0 spiro atoms. The molecule has 0 aliphatic rings. The van der Waals surface area contributed by atoms with Gasteiger partial charge in [0.25, 0.3) is 5.89 Å². The number of halogens is 3. The maximum Gasteiger partial charge on any atom is 0.264 e. The zero-order chi connectivity index (χ0) is 16.4. The zero-order valence-electron chi connectivity index (χ0n) is 12.0. The molecule has 7 heteroatoms. The first-order valence-corrected chi connectivity index (χ1v) is 7.08. The van der Waals surface area contributed by atoms with E-state index < -0.39 is 11.6 Å². The van der Waals surface area contributed by atoms with E-state index in [0.29, 0.717) is 10.8 Å². The first-order chi connectivity index (χ1) is 11.0. The number of aryl methyl sites for hydroxylation is 1. The largest absolute Gasteiger partial charge is 0.485 e. The summed E-state index contributed by atoms with van der Waals surface area (Å²) in [4.78, 5) is 3.95. The van der Waals surface area contributed by atoms with Crippen LogP contribution in [0.2, 0.25) is 5.02 Å². The van der Waals surface area contributed by atoms with Gasteiger partial charge in [0.05, 0.1) is 0 Å². The van der Waals surface area contributed by atoms with Gasteiger partial charge in [-0.25, -0.2) is 8.78 Å². The molecule has 1 aromatic heterocycles. The summed E-state index contributed by atoms with van der Waals surface area (Å²) in [5, 5.41) is 4.29. The quantitative estimate of drug-likeness (QED) is 0.701. The third kappa shape index (κ3) is 3.32. The van der Waals surface area contributed by atoms with Crippen LogP contribution >= 0.6 is 11.6 Å². The fourth-order valence-electron chi connectivity index (χ4n) is 1.97. The number of ether oxygens (including phenoxy) is 1. The summed E-state index contributed by atoms with van der Waals surface area (Å²) in [6.45, 7) is 1.85. The molecule has 0 aliphatic heterocycles. The van der Waals surface area contributed by atoms with Crippen molar-refractivity contribution in [2.24, 2.45) is 0 Å². The number of hydrogen-bond acceptors (Lipinski definition) is 4. The average Bonchev–Trinajstić information content (AvgIpc) is 2.97. The van der Waals surface area contributed by atoms with Gasteiger partial charge in [0.15, 0.2) is 6.61 Å². The number of rotatable bonds is 4. The highest BCUT2D eigenvalue weighted by molar-refractivity contribution is 6.31. The van der Waals surface area contributed by atoms with Crippen molar-refractivity contribution < 1.29 is 18.0 Å². The van der Waals surface area contributed by atoms with Gasteiger partial charge in [0.1, 0.15) is 22.9 Å². The van der Waals surface area contributed by atoms with Crippen LogP contribution in [0.25, 0.3) is 11.5 Å². The maximum absolute atomic E-state index is 13.7. The molecule has 0 N–H and O–H groups in total. The van der Waals surface area contributed by atoms with E-state index in [4.69, 9.17) is 20.9 Å². The van der Waals surface area contributed by atoms with Gasteiger partial charge in [-0.05, 0) is 42.8 Å². The predicted octanol–water partition coefficient (Wildman–Crippen LogP) is 4.56. The van der Waals surface area contributed by atoms with Crippen LogP contribution < -0.4 is 4.74 Å². The van der Waals surface area contributed by atoms with Crippen molar-refractivity contribution >= 4 is 11.6 Å². The molecule has 1 heterocycles. The van der Waals surface area contributed by atoms with E-state index in [1.807, 2.05) is 6.92 Å². The molecule has 4 nitrogen and oxygen atoms in total. The van der Waals surface area contributed by atoms with Crippen LogP contribution in [0.5, 0.6) is 5.75 Å². The second-order valence-electron chi connectivity index (χ2n) is 4.81. The lowest BCUT2D eigenvalue weighted by molar-refractivity contribution is 0.287. The molecule has 23 heavy (non-hydrogen) atoms. The molecule has 3 aromatic rings. The molecule has 0 unspecified atom stereocenters. The SMILES string of the molecule is Cc1cc(OCc2noc(-c3c(F)cccc3F)n2)ccc1Cl. The third-order valence-electron chi connectivity index (χ3n) is 3.14. The Morgan fingerprint density at radius 1 is 1.17 bits per heavy atom. The average molecular weight is 337 g/mol. The van der Waals surface area contributed by atoms with Crippen molar-refractivity contribution in [2.45, 2.75) is 13.5 Å². The molecule has 0 saturated carbocycles. The van der Waals surface area contributed by atoms with Gasteiger partial charge >= 0.3 is 0 Å². The van der Waals surface area contributed by atoms with Gasteiger partial charge in [0, 0.05) is 5.02 Å². The van der Waals surface area contributed by atoms with E-state index in [1.54, 1.807) is 18.2 Å². The van der Waals surface area contributed by atoms with Crippen LogP contribution in [-0.4, -0.2) is 10.1 Å². The molecule has 0 fully saturated rings. The Hall–Kier alpha value is -2.47. The lowest BCUT2D eigenvalue weighted by Crippen LogP contribution is -1.98. The molecular weight excluding hydrogens is 326 g/mol. The topological polar surface area (TPSA) is 48.2 Å². The summed E-state index contributed by atoms with van der Waals surface area (Å²) in [5.41, 5.74) is 0.514. The summed E-state index contributed by atoms with van der Waals surface area (Å²) in [6.07, 6.45) is 0. The van der Waals surface area contributed by atoms with Crippen LogP contribution in [-0.2, 0) is 6.61 Å². The molecular formula is C16H11ClF2N2O2. The summed E-state index contributed by atoms with van der Waals surface area (Å²) < 4.78 is 37.7. The maximum atomic E-state index is 13.7. The fourth-order valence-corrected chi connectivity index (χ4v) is 2.09. The highest BCUT2D eigenvalue weighted by Crippen LogP contribution is 2.25. The summed E-state index contributed by atoms with van der Waals surface area (Å²) in [6, 6.07) is 8.68. The molecule has 0 aliphatic carbocycles. The Labute approximate surface area is 135 Å². The van der Waals surface area contributed by atoms with Gasteiger partial charge in [0.2, 0.25) is 5.82 Å². The van der Waals surface area contributed by atoms with Gasteiger partial charge in [-0.3, -0.25) is 0 Å². The second kappa shape index (κ2) is 6.34. The van der Waals surface area contributed by atoms with E-state index in [-0.39, 0.29) is 23.9 Å². The summed E-state index contributed by atoms with van der Waals surface area (Å²) in [7, 11) is 0. The minimum atomic E-state index is -0.769. The Morgan fingerprint density at radius 2 is 1.91 bits per heavy atom. The second-order valence-corrected chi connectivity index (χ2v) is 5.22. The van der Waals surface area contributed by atoms with Crippen molar-refractivity contribution in [3.05, 3.63) is 64.4 Å². The lowest BCUT2D eigenvalue weighted by atomic mass is 10.2. The summed E-state index contributed by atoms with van der Waals surface area (Å²) >= 11 is 5.93. The van der Waals surface area contributed by atoms with Crippen LogP contribution in [0.4, 0.5) is 8.78 Å². The van der Waals surface area contributed by atoms with Crippen LogP contribution in [0, 0.1) is 18.6 Å². The molecule has 0 radical (unpaired) electrons. The van der Waals surface area contributed by atoms with Gasteiger partial charge in [-0.1, -0.05) is 22.8 Å². The predicted molar refractivity (Wildman–Crippen MR) is 80.2 cm³/mol. The smallest absolute Gasteiger partial charge is 0.264 e. The molecule has 0 atom stereocenters. The highest BCUT2D eigenvalue weighted by Gasteiger charge is 2.18. The van der Waals surface area contributed by atoms with Crippen LogP contribution in [0.3, 0.4) is 0 Å². The number of benzene rings is 2. The monoisotopic (exact) mass is 336 g/mol. The molecule has 0 bridgehead atoms. The molecule has 2 aromatic carbocycles. The van der Waals surface area contributed by atoms with E-state index >= 15 is 0 Å². The van der Waals surface area contributed by atoms with E-state index in [2.05, 4.69) is 10.1 Å².